The quantitative estimate of drug-likeness (QED) is 0.879. The Hall–Kier alpha value is -0.870. The first-order valence-corrected chi connectivity index (χ1v) is 6.94. The number of pyridine rings is 1. The van der Waals surface area contributed by atoms with Crippen molar-refractivity contribution in [1.82, 2.24) is 9.88 Å². The molecule has 3 rings (SSSR count). The Morgan fingerprint density at radius 3 is 2.89 bits per heavy atom. The van der Waals surface area contributed by atoms with Crippen LogP contribution in [0.3, 0.4) is 0 Å². The Labute approximate surface area is 121 Å². The van der Waals surface area contributed by atoms with E-state index in [1.165, 1.54) is 0 Å². The smallest absolute Gasteiger partial charge is 0.0739 e. The predicted octanol–water partition coefficient (Wildman–Crippen LogP) is 3.02. The van der Waals surface area contributed by atoms with Gasteiger partial charge in [-0.15, -0.1) is 0 Å². The van der Waals surface area contributed by atoms with Gasteiger partial charge in [-0.1, -0.05) is 23.2 Å². The Morgan fingerprint density at radius 1 is 1.37 bits per heavy atom. The molecular formula is C14H14Cl2N2O. The molecule has 19 heavy (non-hydrogen) atoms. The molecule has 0 saturated carbocycles. The molecule has 5 heteroatoms. The molecular weight excluding hydrogens is 283 g/mol. The highest BCUT2D eigenvalue weighted by atomic mass is 35.5. The lowest BCUT2D eigenvalue weighted by Crippen LogP contribution is -2.28. The van der Waals surface area contributed by atoms with Crippen molar-refractivity contribution in [2.45, 2.75) is 19.6 Å². The standard InChI is InChI=1S/C14H14Cl2N2O/c1-18-3-2-12-9(6-18)10(7-19)14-11(16)4-8(15)5-13(14)17-12/h4-5,19H,2-3,6-7H2,1H3. The second-order valence-electron chi connectivity index (χ2n) is 4.94. The van der Waals surface area contributed by atoms with Crippen LogP contribution in [0.2, 0.25) is 10.0 Å². The lowest BCUT2D eigenvalue weighted by atomic mass is 9.96. The summed E-state index contributed by atoms with van der Waals surface area (Å²) in [6.45, 7) is 1.74. The SMILES string of the molecule is CN1CCc2nc3cc(Cl)cc(Cl)c3c(CO)c2C1. The van der Waals surface area contributed by atoms with Crippen molar-refractivity contribution in [2.75, 3.05) is 13.6 Å². The van der Waals surface area contributed by atoms with Gasteiger partial charge in [-0.05, 0) is 30.3 Å². The lowest BCUT2D eigenvalue weighted by molar-refractivity contribution is 0.271. The van der Waals surface area contributed by atoms with E-state index in [9.17, 15) is 5.11 Å². The second-order valence-corrected chi connectivity index (χ2v) is 5.79. The number of likely N-dealkylation sites (N-methyl/N-ethyl adjacent to an activating group) is 1. The molecule has 0 spiro atoms. The molecule has 2 heterocycles. The molecule has 1 aliphatic rings. The summed E-state index contributed by atoms with van der Waals surface area (Å²) in [6.07, 6.45) is 0.888. The fourth-order valence-electron chi connectivity index (χ4n) is 2.70. The molecule has 1 aliphatic heterocycles. The summed E-state index contributed by atoms with van der Waals surface area (Å²) in [4.78, 5) is 6.89. The van der Waals surface area contributed by atoms with Crippen molar-refractivity contribution in [2.24, 2.45) is 0 Å². The third-order valence-electron chi connectivity index (χ3n) is 3.62. The number of aliphatic hydroxyl groups is 1. The summed E-state index contributed by atoms with van der Waals surface area (Å²) < 4.78 is 0. The number of aliphatic hydroxyl groups excluding tert-OH is 1. The van der Waals surface area contributed by atoms with Gasteiger partial charge in [0.1, 0.15) is 0 Å². The molecule has 1 N–H and O–H groups in total. The Morgan fingerprint density at radius 2 is 2.16 bits per heavy atom. The van der Waals surface area contributed by atoms with E-state index in [1.807, 2.05) is 0 Å². The van der Waals surface area contributed by atoms with Crippen molar-refractivity contribution in [3.05, 3.63) is 39.0 Å². The maximum absolute atomic E-state index is 9.73. The first kappa shape index (κ1) is 13.1. The van der Waals surface area contributed by atoms with Crippen LogP contribution in [-0.4, -0.2) is 28.6 Å². The lowest BCUT2D eigenvalue weighted by Gasteiger charge is -2.27. The van der Waals surface area contributed by atoms with E-state index in [-0.39, 0.29) is 6.61 Å². The number of aromatic nitrogens is 1. The number of nitrogens with zero attached hydrogens (tertiary/aromatic N) is 2. The molecule has 0 unspecified atom stereocenters. The first-order chi connectivity index (χ1) is 9.10. The van der Waals surface area contributed by atoms with Crippen LogP contribution in [0.25, 0.3) is 10.9 Å². The molecule has 3 nitrogen and oxygen atoms in total. The first-order valence-electron chi connectivity index (χ1n) is 6.19. The van der Waals surface area contributed by atoms with E-state index >= 15 is 0 Å². The minimum Gasteiger partial charge on any atom is -0.392 e. The van der Waals surface area contributed by atoms with Gasteiger partial charge in [-0.25, -0.2) is 0 Å². The van der Waals surface area contributed by atoms with Gasteiger partial charge < -0.3 is 10.0 Å². The fraction of sp³-hybridized carbons (Fsp3) is 0.357. The number of halogens is 2. The zero-order valence-corrected chi connectivity index (χ0v) is 12.1. The van der Waals surface area contributed by atoms with Gasteiger partial charge in [0.15, 0.2) is 0 Å². The molecule has 1 aromatic carbocycles. The van der Waals surface area contributed by atoms with Crippen LogP contribution in [-0.2, 0) is 19.6 Å². The Kier molecular flexibility index (Phi) is 3.39. The van der Waals surface area contributed by atoms with Crippen molar-refractivity contribution in [3.8, 4) is 0 Å². The molecule has 0 amide bonds. The van der Waals surface area contributed by atoms with Gasteiger partial charge in [0.05, 0.1) is 17.1 Å². The molecule has 0 radical (unpaired) electrons. The van der Waals surface area contributed by atoms with Crippen LogP contribution in [0.5, 0.6) is 0 Å². The molecule has 0 fully saturated rings. The van der Waals surface area contributed by atoms with Crippen molar-refractivity contribution in [3.63, 3.8) is 0 Å². The zero-order valence-electron chi connectivity index (χ0n) is 10.6. The number of hydrogen-bond donors (Lipinski definition) is 1. The summed E-state index contributed by atoms with van der Waals surface area (Å²) in [7, 11) is 2.07. The topological polar surface area (TPSA) is 36.4 Å². The number of benzene rings is 1. The monoisotopic (exact) mass is 296 g/mol. The van der Waals surface area contributed by atoms with Gasteiger partial charge in [-0.3, -0.25) is 4.98 Å². The third-order valence-corrected chi connectivity index (χ3v) is 4.14. The number of hydrogen-bond acceptors (Lipinski definition) is 3. The van der Waals surface area contributed by atoms with Crippen molar-refractivity contribution >= 4 is 34.1 Å². The van der Waals surface area contributed by atoms with Gasteiger partial charge in [0.2, 0.25) is 0 Å². The number of fused-ring (bicyclic) bond motifs is 2. The van der Waals surface area contributed by atoms with E-state index in [1.54, 1.807) is 12.1 Å². The molecule has 2 aromatic rings. The van der Waals surface area contributed by atoms with Gasteiger partial charge in [0, 0.05) is 35.6 Å². The minimum absolute atomic E-state index is 0.0312. The normalized spacial score (nSPS) is 15.8. The highest BCUT2D eigenvalue weighted by Gasteiger charge is 2.21. The van der Waals surface area contributed by atoms with Crippen molar-refractivity contribution in [1.29, 1.82) is 0 Å². The van der Waals surface area contributed by atoms with Gasteiger partial charge in [-0.2, -0.15) is 0 Å². The molecule has 0 saturated heterocycles. The van der Waals surface area contributed by atoms with Crippen LogP contribution >= 0.6 is 23.2 Å². The third kappa shape index (κ3) is 2.21. The highest BCUT2D eigenvalue weighted by Crippen LogP contribution is 2.34. The van der Waals surface area contributed by atoms with Crippen LogP contribution in [0.1, 0.15) is 16.8 Å². The average molecular weight is 297 g/mol. The minimum atomic E-state index is -0.0312. The van der Waals surface area contributed by atoms with E-state index in [2.05, 4.69) is 16.9 Å². The molecule has 0 bridgehead atoms. The summed E-state index contributed by atoms with van der Waals surface area (Å²) in [5, 5.41) is 11.7. The fourth-order valence-corrected chi connectivity index (χ4v) is 3.30. The average Bonchev–Trinajstić information content (AvgIpc) is 2.36. The van der Waals surface area contributed by atoms with Crippen LogP contribution in [0.4, 0.5) is 0 Å². The maximum atomic E-state index is 9.73. The van der Waals surface area contributed by atoms with E-state index in [0.29, 0.717) is 10.0 Å². The molecule has 0 aliphatic carbocycles. The molecule has 100 valence electrons. The summed E-state index contributed by atoms with van der Waals surface area (Å²) in [6, 6.07) is 3.51. The van der Waals surface area contributed by atoms with Crippen LogP contribution in [0, 0.1) is 0 Å². The molecule has 1 aromatic heterocycles. The van der Waals surface area contributed by atoms with Crippen LogP contribution < -0.4 is 0 Å². The van der Waals surface area contributed by atoms with Gasteiger partial charge in [0.25, 0.3) is 0 Å². The molecule has 0 atom stereocenters. The zero-order chi connectivity index (χ0) is 13.6. The Balaban J connectivity index is 2.36. The predicted molar refractivity (Wildman–Crippen MR) is 77.7 cm³/mol. The summed E-state index contributed by atoms with van der Waals surface area (Å²) >= 11 is 12.3. The second kappa shape index (κ2) is 4.91. The van der Waals surface area contributed by atoms with E-state index in [4.69, 9.17) is 23.2 Å². The largest absolute Gasteiger partial charge is 0.392 e. The van der Waals surface area contributed by atoms with Crippen molar-refractivity contribution < 1.29 is 5.11 Å². The van der Waals surface area contributed by atoms with E-state index < -0.39 is 0 Å². The number of rotatable bonds is 1. The summed E-state index contributed by atoms with van der Waals surface area (Å²) in [5.41, 5.74) is 3.80. The van der Waals surface area contributed by atoms with Crippen LogP contribution in [0.15, 0.2) is 12.1 Å². The Bertz CT molecular complexity index is 658. The van der Waals surface area contributed by atoms with Gasteiger partial charge >= 0.3 is 0 Å². The highest BCUT2D eigenvalue weighted by molar-refractivity contribution is 6.38. The summed E-state index contributed by atoms with van der Waals surface area (Å²) in [5.74, 6) is 0. The maximum Gasteiger partial charge on any atom is 0.0739 e. The van der Waals surface area contributed by atoms with E-state index in [0.717, 1.165) is 47.2 Å².